The molecular formula is C19H17F4NO4. The van der Waals surface area contributed by atoms with Gasteiger partial charge in [0.15, 0.2) is 6.10 Å². The predicted molar refractivity (Wildman–Crippen MR) is 92.6 cm³/mol. The third kappa shape index (κ3) is 4.79. The summed E-state index contributed by atoms with van der Waals surface area (Å²) in [4.78, 5) is 22.8. The van der Waals surface area contributed by atoms with Crippen molar-refractivity contribution in [1.29, 1.82) is 0 Å². The SMILES string of the molecule is CCNC(=O)c1ccc(-c2cc(C(F)(F)F)ccc2OC(C)C(=O)O)cc1F. The van der Waals surface area contributed by atoms with Crippen molar-refractivity contribution in [3.05, 3.63) is 53.3 Å². The van der Waals surface area contributed by atoms with E-state index in [0.29, 0.717) is 0 Å². The third-order valence-corrected chi connectivity index (χ3v) is 3.82. The van der Waals surface area contributed by atoms with Crippen LogP contribution in [-0.2, 0) is 11.0 Å². The number of carbonyl (C=O) groups excluding carboxylic acids is 1. The fourth-order valence-corrected chi connectivity index (χ4v) is 2.40. The zero-order valence-electron chi connectivity index (χ0n) is 14.9. The highest BCUT2D eigenvalue weighted by Crippen LogP contribution is 2.38. The minimum atomic E-state index is -4.66. The van der Waals surface area contributed by atoms with Crippen LogP contribution in [0.5, 0.6) is 5.75 Å². The molecule has 0 fully saturated rings. The minimum absolute atomic E-state index is 0.00392. The molecule has 1 amide bonds. The quantitative estimate of drug-likeness (QED) is 0.717. The highest BCUT2D eigenvalue weighted by Gasteiger charge is 2.32. The largest absolute Gasteiger partial charge is 0.479 e. The summed E-state index contributed by atoms with van der Waals surface area (Å²) in [5.41, 5.74) is -1.42. The molecule has 2 aromatic rings. The predicted octanol–water partition coefficient (Wildman–Crippen LogP) is 4.11. The lowest BCUT2D eigenvalue weighted by Gasteiger charge is -2.17. The van der Waals surface area contributed by atoms with Crippen LogP contribution in [0.2, 0.25) is 0 Å². The van der Waals surface area contributed by atoms with E-state index in [0.717, 1.165) is 30.3 Å². The molecule has 28 heavy (non-hydrogen) atoms. The van der Waals surface area contributed by atoms with E-state index in [9.17, 15) is 27.2 Å². The molecule has 2 rings (SSSR count). The lowest BCUT2D eigenvalue weighted by atomic mass is 9.99. The van der Waals surface area contributed by atoms with Crippen LogP contribution in [0.15, 0.2) is 36.4 Å². The van der Waals surface area contributed by atoms with Gasteiger partial charge < -0.3 is 15.2 Å². The number of nitrogens with one attached hydrogen (secondary N) is 1. The second-order valence-corrected chi connectivity index (χ2v) is 5.86. The van der Waals surface area contributed by atoms with E-state index in [-0.39, 0.29) is 29.0 Å². The summed E-state index contributed by atoms with van der Waals surface area (Å²) in [6, 6.07) is 5.77. The highest BCUT2D eigenvalue weighted by molar-refractivity contribution is 5.95. The van der Waals surface area contributed by atoms with E-state index >= 15 is 0 Å². The average Bonchev–Trinajstić information content (AvgIpc) is 2.61. The number of carboxylic acids is 1. The number of benzene rings is 2. The van der Waals surface area contributed by atoms with Crippen molar-refractivity contribution >= 4 is 11.9 Å². The Morgan fingerprint density at radius 1 is 1.18 bits per heavy atom. The van der Waals surface area contributed by atoms with E-state index in [4.69, 9.17) is 9.84 Å². The molecule has 0 heterocycles. The van der Waals surface area contributed by atoms with Crippen molar-refractivity contribution in [3.63, 3.8) is 0 Å². The Kier molecular flexibility index (Phi) is 6.27. The molecule has 0 radical (unpaired) electrons. The molecular weight excluding hydrogens is 382 g/mol. The summed E-state index contributed by atoms with van der Waals surface area (Å²) in [7, 11) is 0. The number of carbonyl (C=O) groups is 2. The molecule has 0 spiro atoms. The maximum absolute atomic E-state index is 14.3. The van der Waals surface area contributed by atoms with Crippen LogP contribution < -0.4 is 10.1 Å². The molecule has 1 atom stereocenters. The van der Waals surface area contributed by atoms with Gasteiger partial charge in [-0.15, -0.1) is 0 Å². The first kappa shape index (κ1) is 21.2. The molecule has 0 saturated heterocycles. The van der Waals surface area contributed by atoms with Gasteiger partial charge in [0.05, 0.1) is 11.1 Å². The van der Waals surface area contributed by atoms with Crippen LogP contribution in [0.1, 0.15) is 29.8 Å². The van der Waals surface area contributed by atoms with Gasteiger partial charge in [-0.2, -0.15) is 13.2 Å². The fraction of sp³-hybridized carbons (Fsp3) is 0.263. The molecule has 0 aliphatic rings. The van der Waals surface area contributed by atoms with Gasteiger partial charge in [-0.1, -0.05) is 6.07 Å². The number of hydrogen-bond acceptors (Lipinski definition) is 3. The maximum atomic E-state index is 14.3. The average molecular weight is 399 g/mol. The maximum Gasteiger partial charge on any atom is 0.416 e. The first-order valence-electron chi connectivity index (χ1n) is 8.23. The van der Waals surface area contributed by atoms with E-state index in [1.54, 1.807) is 6.92 Å². The summed E-state index contributed by atoms with van der Waals surface area (Å²) >= 11 is 0. The second-order valence-electron chi connectivity index (χ2n) is 5.86. The van der Waals surface area contributed by atoms with Gasteiger partial charge in [0.25, 0.3) is 5.91 Å². The molecule has 2 N–H and O–H groups in total. The zero-order valence-corrected chi connectivity index (χ0v) is 14.9. The minimum Gasteiger partial charge on any atom is -0.479 e. The smallest absolute Gasteiger partial charge is 0.416 e. The van der Waals surface area contributed by atoms with Crippen molar-refractivity contribution in [2.75, 3.05) is 6.54 Å². The van der Waals surface area contributed by atoms with E-state index in [2.05, 4.69) is 5.32 Å². The van der Waals surface area contributed by atoms with Crippen molar-refractivity contribution in [2.24, 2.45) is 0 Å². The Balaban J connectivity index is 2.56. The summed E-state index contributed by atoms with van der Waals surface area (Å²) in [5.74, 6) is -3.07. The number of halogens is 4. The van der Waals surface area contributed by atoms with Crippen molar-refractivity contribution in [3.8, 4) is 16.9 Å². The Morgan fingerprint density at radius 3 is 2.39 bits per heavy atom. The Bertz CT molecular complexity index is 896. The van der Waals surface area contributed by atoms with Crippen molar-refractivity contribution in [2.45, 2.75) is 26.1 Å². The van der Waals surface area contributed by atoms with Gasteiger partial charge in [0, 0.05) is 12.1 Å². The summed E-state index contributed by atoms with van der Waals surface area (Å²) in [6.07, 6.45) is -6.00. The van der Waals surface area contributed by atoms with Gasteiger partial charge in [-0.25, -0.2) is 9.18 Å². The standard InChI is InChI=1S/C19H17F4NO4/c1-3-24-17(25)13-6-4-11(8-15(13)20)14-9-12(19(21,22)23)5-7-16(14)28-10(2)18(26)27/h4-10H,3H2,1-2H3,(H,24,25)(H,26,27). The Morgan fingerprint density at radius 2 is 1.86 bits per heavy atom. The molecule has 0 saturated carbocycles. The van der Waals surface area contributed by atoms with E-state index < -0.39 is 35.5 Å². The molecule has 0 aliphatic heterocycles. The van der Waals surface area contributed by atoms with E-state index in [1.807, 2.05) is 0 Å². The van der Waals surface area contributed by atoms with Gasteiger partial charge in [0.1, 0.15) is 11.6 Å². The van der Waals surface area contributed by atoms with Crippen molar-refractivity contribution < 1.29 is 37.0 Å². The lowest BCUT2D eigenvalue weighted by Crippen LogP contribution is -2.24. The highest BCUT2D eigenvalue weighted by atomic mass is 19.4. The second kappa shape index (κ2) is 8.28. The molecule has 1 unspecified atom stereocenters. The first-order chi connectivity index (χ1) is 13.0. The van der Waals surface area contributed by atoms with Gasteiger partial charge in [0.2, 0.25) is 0 Å². The molecule has 5 nitrogen and oxygen atoms in total. The Labute approximate surface area is 157 Å². The topological polar surface area (TPSA) is 75.6 Å². The molecule has 0 aliphatic carbocycles. The summed E-state index contributed by atoms with van der Waals surface area (Å²) < 4.78 is 58.8. The monoisotopic (exact) mass is 399 g/mol. The molecule has 150 valence electrons. The normalized spacial score (nSPS) is 12.4. The number of hydrogen-bond donors (Lipinski definition) is 2. The number of amides is 1. The zero-order chi connectivity index (χ0) is 21.1. The third-order valence-electron chi connectivity index (χ3n) is 3.82. The molecule has 9 heteroatoms. The summed E-state index contributed by atoms with van der Waals surface area (Å²) in [5, 5.41) is 11.4. The molecule has 0 aromatic heterocycles. The lowest BCUT2D eigenvalue weighted by molar-refractivity contribution is -0.144. The van der Waals surface area contributed by atoms with Crippen LogP contribution in [0.4, 0.5) is 17.6 Å². The van der Waals surface area contributed by atoms with Gasteiger partial charge >= 0.3 is 12.1 Å². The van der Waals surface area contributed by atoms with Gasteiger partial charge in [-0.05, 0) is 49.7 Å². The number of carboxylic acid groups (broad SMARTS) is 1. The number of alkyl halides is 3. The number of aliphatic carboxylic acids is 1. The van der Waals surface area contributed by atoms with Crippen LogP contribution in [0.25, 0.3) is 11.1 Å². The van der Waals surface area contributed by atoms with Crippen molar-refractivity contribution in [1.82, 2.24) is 5.32 Å². The number of ether oxygens (including phenoxy) is 1. The fourth-order valence-electron chi connectivity index (χ4n) is 2.40. The van der Waals surface area contributed by atoms with Crippen LogP contribution in [-0.4, -0.2) is 29.6 Å². The summed E-state index contributed by atoms with van der Waals surface area (Å²) in [6.45, 7) is 3.14. The molecule has 2 aromatic carbocycles. The first-order valence-corrected chi connectivity index (χ1v) is 8.23. The van der Waals surface area contributed by atoms with Gasteiger partial charge in [-0.3, -0.25) is 4.79 Å². The van der Waals surface area contributed by atoms with Crippen LogP contribution in [0, 0.1) is 5.82 Å². The van der Waals surface area contributed by atoms with Crippen LogP contribution in [0.3, 0.4) is 0 Å². The van der Waals surface area contributed by atoms with E-state index in [1.165, 1.54) is 13.0 Å². The van der Waals surface area contributed by atoms with Crippen LogP contribution >= 0.6 is 0 Å². The number of rotatable bonds is 6. The molecule has 0 bridgehead atoms. The Hall–Kier alpha value is -3.10.